The van der Waals surface area contributed by atoms with Gasteiger partial charge in [0.25, 0.3) is 0 Å². The number of unbranched alkanes of at least 4 members (excludes halogenated alkanes) is 1. The van der Waals surface area contributed by atoms with Crippen LogP contribution in [0.15, 0.2) is 0 Å². The Kier molecular flexibility index (Phi) is 10.4. The van der Waals surface area contributed by atoms with Gasteiger partial charge >= 0.3 is 0 Å². The molecule has 1 fully saturated rings. The summed E-state index contributed by atoms with van der Waals surface area (Å²) in [4.78, 5) is 2.61. The lowest BCUT2D eigenvalue weighted by Gasteiger charge is -2.28. The van der Waals surface area contributed by atoms with Crippen LogP contribution < -0.4 is 5.32 Å². The van der Waals surface area contributed by atoms with E-state index in [1.165, 1.54) is 52.0 Å². The standard InChI is InChI=1S/C11H24N2.C2H6/c1-3-4-8-13-9-7-12-6-5-11(2)10-13;1-2/h11-12H,3-10H2,1-2H3;1-2H3. The molecule has 1 unspecified atom stereocenters. The molecular formula is C13H30N2. The smallest absolute Gasteiger partial charge is 0.0107 e. The normalized spacial score (nSPS) is 23.6. The first-order valence-corrected chi connectivity index (χ1v) is 6.76. The monoisotopic (exact) mass is 214 g/mol. The van der Waals surface area contributed by atoms with Crippen molar-refractivity contribution in [1.82, 2.24) is 10.2 Å². The Balaban J connectivity index is 0.000000921. The summed E-state index contributed by atoms with van der Waals surface area (Å²) in [6.45, 7) is 14.9. The van der Waals surface area contributed by atoms with Crippen molar-refractivity contribution in [1.29, 1.82) is 0 Å². The van der Waals surface area contributed by atoms with Gasteiger partial charge in [-0.3, -0.25) is 0 Å². The van der Waals surface area contributed by atoms with Crippen molar-refractivity contribution in [2.24, 2.45) is 5.92 Å². The summed E-state index contributed by atoms with van der Waals surface area (Å²) in [5.41, 5.74) is 0. The maximum absolute atomic E-state index is 3.48. The molecule has 1 N–H and O–H groups in total. The lowest BCUT2D eigenvalue weighted by molar-refractivity contribution is 0.214. The SMILES string of the molecule is CC.CCCCN1CCNCCC(C)C1. The van der Waals surface area contributed by atoms with Gasteiger partial charge in [-0.15, -0.1) is 0 Å². The Labute approximate surface area is 96.4 Å². The van der Waals surface area contributed by atoms with E-state index in [4.69, 9.17) is 0 Å². The molecule has 1 atom stereocenters. The highest BCUT2D eigenvalue weighted by molar-refractivity contribution is 4.68. The molecule has 0 spiro atoms. The van der Waals surface area contributed by atoms with Crippen molar-refractivity contribution in [3.05, 3.63) is 0 Å². The summed E-state index contributed by atoms with van der Waals surface area (Å²) < 4.78 is 0. The van der Waals surface area contributed by atoms with Gasteiger partial charge in [0.05, 0.1) is 0 Å². The van der Waals surface area contributed by atoms with Crippen LogP contribution in [-0.4, -0.2) is 37.6 Å². The summed E-state index contributed by atoms with van der Waals surface area (Å²) in [6.07, 6.45) is 4.01. The van der Waals surface area contributed by atoms with Crippen LogP contribution in [0.25, 0.3) is 0 Å². The van der Waals surface area contributed by atoms with Gasteiger partial charge in [0.2, 0.25) is 0 Å². The van der Waals surface area contributed by atoms with E-state index in [1.807, 2.05) is 13.8 Å². The van der Waals surface area contributed by atoms with Crippen LogP contribution >= 0.6 is 0 Å². The first-order chi connectivity index (χ1) is 7.33. The van der Waals surface area contributed by atoms with Crippen molar-refractivity contribution < 1.29 is 0 Å². The number of rotatable bonds is 3. The first-order valence-electron chi connectivity index (χ1n) is 6.76. The number of nitrogens with one attached hydrogen (secondary N) is 1. The van der Waals surface area contributed by atoms with E-state index < -0.39 is 0 Å². The zero-order valence-corrected chi connectivity index (χ0v) is 11.2. The quantitative estimate of drug-likeness (QED) is 0.777. The van der Waals surface area contributed by atoms with E-state index in [0.717, 1.165) is 5.92 Å². The molecule has 0 radical (unpaired) electrons. The second-order valence-electron chi connectivity index (χ2n) is 4.30. The van der Waals surface area contributed by atoms with Crippen molar-refractivity contribution >= 4 is 0 Å². The molecule has 1 saturated heterocycles. The predicted octanol–water partition coefficient (Wildman–Crippen LogP) is 2.74. The molecule has 0 saturated carbocycles. The van der Waals surface area contributed by atoms with Crippen LogP contribution in [0.1, 0.15) is 47.0 Å². The Bertz CT molecular complexity index is 124. The fourth-order valence-electron chi connectivity index (χ4n) is 1.92. The van der Waals surface area contributed by atoms with E-state index in [-0.39, 0.29) is 0 Å². The summed E-state index contributed by atoms with van der Waals surface area (Å²) in [6, 6.07) is 0. The molecular weight excluding hydrogens is 184 g/mol. The molecule has 1 aliphatic heterocycles. The second kappa shape index (κ2) is 10.4. The molecule has 92 valence electrons. The minimum Gasteiger partial charge on any atom is -0.315 e. The molecule has 0 aromatic rings. The molecule has 0 amide bonds. The van der Waals surface area contributed by atoms with Crippen LogP contribution in [0.3, 0.4) is 0 Å². The van der Waals surface area contributed by atoms with Gasteiger partial charge in [0.15, 0.2) is 0 Å². The van der Waals surface area contributed by atoms with Gasteiger partial charge in [-0.05, 0) is 31.8 Å². The Morgan fingerprint density at radius 1 is 1.27 bits per heavy atom. The topological polar surface area (TPSA) is 15.3 Å². The Morgan fingerprint density at radius 2 is 2.00 bits per heavy atom. The van der Waals surface area contributed by atoms with E-state index >= 15 is 0 Å². The van der Waals surface area contributed by atoms with Crippen molar-refractivity contribution in [2.45, 2.75) is 47.0 Å². The number of nitrogens with zero attached hydrogens (tertiary/aromatic N) is 1. The maximum atomic E-state index is 3.48. The van der Waals surface area contributed by atoms with Crippen LogP contribution in [0, 0.1) is 5.92 Å². The van der Waals surface area contributed by atoms with Crippen molar-refractivity contribution in [3.8, 4) is 0 Å². The predicted molar refractivity (Wildman–Crippen MR) is 69.3 cm³/mol. The highest BCUT2D eigenvalue weighted by Gasteiger charge is 2.11. The number of hydrogen-bond donors (Lipinski definition) is 1. The van der Waals surface area contributed by atoms with Crippen LogP contribution in [-0.2, 0) is 0 Å². The van der Waals surface area contributed by atoms with E-state index in [2.05, 4.69) is 24.1 Å². The van der Waals surface area contributed by atoms with Gasteiger partial charge < -0.3 is 10.2 Å². The summed E-state index contributed by atoms with van der Waals surface area (Å²) in [7, 11) is 0. The van der Waals surface area contributed by atoms with Gasteiger partial charge in [0, 0.05) is 19.6 Å². The molecule has 0 aliphatic carbocycles. The molecule has 1 heterocycles. The highest BCUT2D eigenvalue weighted by atomic mass is 15.1. The average Bonchev–Trinajstić information content (AvgIpc) is 2.24. The first kappa shape index (κ1) is 14.9. The lowest BCUT2D eigenvalue weighted by atomic mass is 10.1. The third-order valence-corrected chi connectivity index (χ3v) is 2.82. The second-order valence-corrected chi connectivity index (χ2v) is 4.30. The summed E-state index contributed by atoms with van der Waals surface area (Å²) >= 11 is 0. The third-order valence-electron chi connectivity index (χ3n) is 2.82. The van der Waals surface area contributed by atoms with Crippen molar-refractivity contribution in [3.63, 3.8) is 0 Å². The Hall–Kier alpha value is -0.0800. The molecule has 1 rings (SSSR count). The molecule has 15 heavy (non-hydrogen) atoms. The molecule has 1 aliphatic rings. The minimum atomic E-state index is 0.865. The van der Waals surface area contributed by atoms with E-state index in [9.17, 15) is 0 Å². The fraction of sp³-hybridized carbons (Fsp3) is 1.00. The van der Waals surface area contributed by atoms with E-state index in [1.54, 1.807) is 0 Å². The minimum absolute atomic E-state index is 0.865. The summed E-state index contributed by atoms with van der Waals surface area (Å²) in [5, 5.41) is 3.48. The zero-order valence-electron chi connectivity index (χ0n) is 11.2. The van der Waals surface area contributed by atoms with Gasteiger partial charge in [0.1, 0.15) is 0 Å². The van der Waals surface area contributed by atoms with E-state index in [0.29, 0.717) is 0 Å². The molecule has 0 aromatic heterocycles. The number of hydrogen-bond acceptors (Lipinski definition) is 2. The third kappa shape index (κ3) is 7.80. The fourth-order valence-corrected chi connectivity index (χ4v) is 1.92. The van der Waals surface area contributed by atoms with Gasteiger partial charge in [-0.2, -0.15) is 0 Å². The molecule has 0 bridgehead atoms. The van der Waals surface area contributed by atoms with Crippen LogP contribution in [0.2, 0.25) is 0 Å². The largest absolute Gasteiger partial charge is 0.315 e. The van der Waals surface area contributed by atoms with Gasteiger partial charge in [-0.1, -0.05) is 34.1 Å². The Morgan fingerprint density at radius 3 is 2.67 bits per heavy atom. The molecule has 0 aromatic carbocycles. The molecule has 2 heteroatoms. The zero-order chi connectivity index (χ0) is 11.5. The van der Waals surface area contributed by atoms with Crippen molar-refractivity contribution in [2.75, 3.05) is 32.7 Å². The van der Waals surface area contributed by atoms with Crippen LogP contribution in [0.5, 0.6) is 0 Å². The summed E-state index contributed by atoms with van der Waals surface area (Å²) in [5.74, 6) is 0.865. The maximum Gasteiger partial charge on any atom is 0.0107 e. The highest BCUT2D eigenvalue weighted by Crippen LogP contribution is 2.07. The average molecular weight is 214 g/mol. The van der Waals surface area contributed by atoms with Crippen LogP contribution in [0.4, 0.5) is 0 Å². The van der Waals surface area contributed by atoms with Gasteiger partial charge in [-0.25, -0.2) is 0 Å². The lowest BCUT2D eigenvalue weighted by Crippen LogP contribution is -2.39. The molecule has 2 nitrogen and oxygen atoms in total.